The molecule has 3 nitrogen and oxygen atoms in total. The molecule has 0 unspecified atom stereocenters. The lowest BCUT2D eigenvalue weighted by Crippen LogP contribution is -2.48. The second-order valence-corrected chi connectivity index (χ2v) is 7.98. The highest BCUT2D eigenvalue weighted by Crippen LogP contribution is 2.42. The van der Waals surface area contributed by atoms with Gasteiger partial charge in [-0.15, -0.1) is 12.4 Å². The molecular formula is C19H28Cl2N2O. The second-order valence-electron chi connectivity index (χ2n) is 7.54. The molecule has 0 atom stereocenters. The predicted molar refractivity (Wildman–Crippen MR) is 102 cm³/mol. The lowest BCUT2D eigenvalue weighted by Gasteiger charge is -2.36. The van der Waals surface area contributed by atoms with Crippen molar-refractivity contribution in [1.29, 1.82) is 0 Å². The second kappa shape index (κ2) is 8.07. The van der Waals surface area contributed by atoms with Crippen molar-refractivity contribution in [2.45, 2.75) is 50.9 Å². The summed E-state index contributed by atoms with van der Waals surface area (Å²) in [4.78, 5) is 13.1. The largest absolute Gasteiger partial charge is 0.355 e. The topological polar surface area (TPSA) is 41.1 Å². The Balaban J connectivity index is 0.00000208. The average Bonchev–Trinajstić information content (AvgIpc) is 3.04. The van der Waals surface area contributed by atoms with Gasteiger partial charge < -0.3 is 10.6 Å². The number of rotatable bonds is 4. The summed E-state index contributed by atoms with van der Waals surface area (Å²) in [5, 5.41) is 7.39. The van der Waals surface area contributed by atoms with Gasteiger partial charge in [0.15, 0.2) is 0 Å². The van der Waals surface area contributed by atoms with Crippen molar-refractivity contribution < 1.29 is 4.79 Å². The Morgan fingerprint density at radius 2 is 1.88 bits per heavy atom. The van der Waals surface area contributed by atoms with E-state index in [1.165, 1.54) is 0 Å². The molecule has 1 aromatic carbocycles. The van der Waals surface area contributed by atoms with Crippen molar-refractivity contribution in [2.24, 2.45) is 5.41 Å². The minimum absolute atomic E-state index is 0. The van der Waals surface area contributed by atoms with E-state index in [0.29, 0.717) is 5.02 Å². The summed E-state index contributed by atoms with van der Waals surface area (Å²) >= 11 is 6.17. The quantitative estimate of drug-likeness (QED) is 0.838. The number of carbonyl (C=O) groups is 1. The van der Waals surface area contributed by atoms with Crippen LogP contribution in [0.3, 0.4) is 0 Å². The molecule has 1 amide bonds. The van der Waals surface area contributed by atoms with E-state index in [2.05, 4.69) is 23.6 Å². The summed E-state index contributed by atoms with van der Waals surface area (Å²) in [6.45, 7) is 5.16. The molecule has 1 saturated carbocycles. The van der Waals surface area contributed by atoms with E-state index in [-0.39, 0.29) is 29.1 Å². The van der Waals surface area contributed by atoms with Crippen LogP contribution in [-0.4, -0.2) is 25.5 Å². The van der Waals surface area contributed by atoms with E-state index >= 15 is 0 Å². The fourth-order valence-corrected chi connectivity index (χ4v) is 4.27. The van der Waals surface area contributed by atoms with Crippen LogP contribution in [0.5, 0.6) is 0 Å². The summed E-state index contributed by atoms with van der Waals surface area (Å²) in [5.41, 5.74) is 0.916. The number of hydrogen-bond acceptors (Lipinski definition) is 2. The van der Waals surface area contributed by atoms with Gasteiger partial charge >= 0.3 is 0 Å². The fourth-order valence-electron chi connectivity index (χ4n) is 4.08. The Morgan fingerprint density at radius 3 is 2.50 bits per heavy atom. The third-order valence-electron chi connectivity index (χ3n) is 5.76. The number of hydrogen-bond donors (Lipinski definition) is 2. The van der Waals surface area contributed by atoms with Gasteiger partial charge in [0.1, 0.15) is 0 Å². The van der Waals surface area contributed by atoms with Crippen molar-refractivity contribution >= 4 is 29.9 Å². The maximum Gasteiger partial charge on any atom is 0.230 e. The third kappa shape index (κ3) is 4.07. The van der Waals surface area contributed by atoms with Crippen molar-refractivity contribution in [2.75, 3.05) is 19.6 Å². The van der Waals surface area contributed by atoms with Crippen LogP contribution in [0.15, 0.2) is 24.3 Å². The Labute approximate surface area is 156 Å². The van der Waals surface area contributed by atoms with Gasteiger partial charge in [-0.25, -0.2) is 0 Å². The Bertz CT molecular complexity index is 564. The minimum Gasteiger partial charge on any atom is -0.355 e. The summed E-state index contributed by atoms with van der Waals surface area (Å²) in [6, 6.07) is 7.86. The van der Waals surface area contributed by atoms with Gasteiger partial charge in [0.2, 0.25) is 5.91 Å². The van der Waals surface area contributed by atoms with Crippen molar-refractivity contribution in [3.8, 4) is 0 Å². The Hall–Kier alpha value is -0.770. The number of halogens is 2. The molecule has 2 fully saturated rings. The van der Waals surface area contributed by atoms with Crippen LogP contribution in [0, 0.1) is 5.41 Å². The van der Waals surface area contributed by atoms with Crippen LogP contribution < -0.4 is 10.6 Å². The standard InChI is InChI=1S/C19H27ClN2O.ClH/c1-18(9-11-21-12-10-18)14-22-17(23)19(7-2-3-8-19)15-5-4-6-16(20)13-15;/h4-6,13,21H,2-3,7-12,14H2,1H3,(H,22,23);1H. The first kappa shape index (κ1) is 19.6. The fraction of sp³-hybridized carbons (Fsp3) is 0.632. The zero-order chi connectivity index (χ0) is 16.3. The number of benzene rings is 1. The molecule has 1 saturated heterocycles. The van der Waals surface area contributed by atoms with E-state index in [9.17, 15) is 4.79 Å². The van der Waals surface area contributed by atoms with Gasteiger partial charge in [-0.2, -0.15) is 0 Å². The van der Waals surface area contributed by atoms with E-state index < -0.39 is 0 Å². The number of nitrogens with one attached hydrogen (secondary N) is 2. The van der Waals surface area contributed by atoms with Crippen molar-refractivity contribution in [3.63, 3.8) is 0 Å². The molecule has 1 aliphatic heterocycles. The molecule has 24 heavy (non-hydrogen) atoms. The van der Waals surface area contributed by atoms with Crippen LogP contribution >= 0.6 is 24.0 Å². The SMILES string of the molecule is CC1(CNC(=O)C2(c3cccc(Cl)c3)CCCC2)CCNCC1.Cl. The van der Waals surface area contributed by atoms with Crippen LogP contribution in [0.1, 0.15) is 51.0 Å². The monoisotopic (exact) mass is 370 g/mol. The highest BCUT2D eigenvalue weighted by atomic mass is 35.5. The highest BCUT2D eigenvalue weighted by molar-refractivity contribution is 6.30. The Morgan fingerprint density at radius 1 is 1.21 bits per heavy atom. The van der Waals surface area contributed by atoms with E-state index in [4.69, 9.17) is 11.6 Å². The highest BCUT2D eigenvalue weighted by Gasteiger charge is 2.43. The summed E-state index contributed by atoms with van der Waals surface area (Å²) in [6.07, 6.45) is 6.33. The van der Waals surface area contributed by atoms with Crippen molar-refractivity contribution in [1.82, 2.24) is 10.6 Å². The molecular weight excluding hydrogens is 343 g/mol. The summed E-state index contributed by atoms with van der Waals surface area (Å²) in [7, 11) is 0. The predicted octanol–water partition coefficient (Wildman–Crippen LogP) is 4.08. The Kier molecular flexibility index (Phi) is 6.58. The van der Waals surface area contributed by atoms with E-state index in [0.717, 1.165) is 63.7 Å². The van der Waals surface area contributed by atoms with Gasteiger partial charge in [0, 0.05) is 11.6 Å². The van der Waals surface area contributed by atoms with Gasteiger partial charge in [-0.1, -0.05) is 43.5 Å². The van der Waals surface area contributed by atoms with Gasteiger partial charge in [-0.3, -0.25) is 4.79 Å². The molecule has 0 radical (unpaired) electrons. The van der Waals surface area contributed by atoms with Crippen LogP contribution in [0.4, 0.5) is 0 Å². The zero-order valence-corrected chi connectivity index (χ0v) is 15.9. The molecule has 0 spiro atoms. The smallest absolute Gasteiger partial charge is 0.230 e. The molecule has 3 rings (SSSR count). The van der Waals surface area contributed by atoms with E-state index in [1.54, 1.807) is 0 Å². The number of carbonyl (C=O) groups excluding carboxylic acids is 1. The first-order chi connectivity index (χ1) is 11.0. The minimum atomic E-state index is -0.381. The molecule has 0 aromatic heterocycles. The average molecular weight is 371 g/mol. The summed E-state index contributed by atoms with van der Waals surface area (Å²) in [5.74, 6) is 0.192. The van der Waals surface area contributed by atoms with Crippen LogP contribution in [0.25, 0.3) is 0 Å². The lowest BCUT2D eigenvalue weighted by molar-refractivity contribution is -0.127. The lowest BCUT2D eigenvalue weighted by atomic mass is 9.77. The molecule has 1 aromatic rings. The third-order valence-corrected chi connectivity index (χ3v) is 5.99. The first-order valence-corrected chi connectivity index (χ1v) is 9.17. The van der Waals surface area contributed by atoms with Gasteiger partial charge in [-0.05, 0) is 61.9 Å². The molecule has 2 aliphatic rings. The number of amides is 1. The molecule has 2 N–H and O–H groups in total. The van der Waals surface area contributed by atoms with E-state index in [1.807, 2.05) is 18.2 Å². The molecule has 134 valence electrons. The van der Waals surface area contributed by atoms with Crippen LogP contribution in [-0.2, 0) is 10.2 Å². The molecule has 1 heterocycles. The van der Waals surface area contributed by atoms with Crippen LogP contribution in [0.2, 0.25) is 5.02 Å². The number of piperidine rings is 1. The zero-order valence-electron chi connectivity index (χ0n) is 14.4. The van der Waals surface area contributed by atoms with Crippen molar-refractivity contribution in [3.05, 3.63) is 34.9 Å². The first-order valence-electron chi connectivity index (χ1n) is 8.79. The maximum atomic E-state index is 13.1. The van der Waals surface area contributed by atoms with Gasteiger partial charge in [0.05, 0.1) is 5.41 Å². The summed E-state index contributed by atoms with van der Waals surface area (Å²) < 4.78 is 0. The molecule has 1 aliphatic carbocycles. The van der Waals surface area contributed by atoms with Gasteiger partial charge in [0.25, 0.3) is 0 Å². The molecule has 5 heteroatoms. The normalized spacial score (nSPS) is 21.8. The maximum absolute atomic E-state index is 13.1. The molecule has 0 bridgehead atoms.